The first kappa shape index (κ1) is 12.3. The summed E-state index contributed by atoms with van der Waals surface area (Å²) in [6, 6.07) is -0.0818. The molecule has 0 spiro atoms. The highest BCUT2D eigenvalue weighted by Gasteiger charge is 2.12. The van der Waals surface area contributed by atoms with Crippen LogP contribution >= 0.6 is 11.3 Å². The molecule has 1 heterocycles. The average molecular weight is 226 g/mol. The van der Waals surface area contributed by atoms with Crippen LogP contribution in [0.3, 0.4) is 0 Å². The number of Topliss-reactive ketones (excluding diaryl/α,β-unsaturated/α-hetero) is 1. The molecule has 0 aliphatic carbocycles. The number of nitrogens with two attached hydrogens (primary N) is 1. The van der Waals surface area contributed by atoms with E-state index in [1.165, 1.54) is 11.3 Å². The largest absolute Gasteiger partial charge is 0.322 e. The topological polar surface area (TPSA) is 56.0 Å². The molecule has 15 heavy (non-hydrogen) atoms. The number of carbonyl (C=O) groups excluding carboxylic acids is 1. The van der Waals surface area contributed by atoms with Crippen LogP contribution in [0.1, 0.15) is 55.2 Å². The summed E-state index contributed by atoms with van der Waals surface area (Å²) in [5, 5.41) is 2.64. The van der Waals surface area contributed by atoms with E-state index in [0.29, 0.717) is 18.0 Å². The lowest BCUT2D eigenvalue weighted by atomic mass is 10.1. The minimum Gasteiger partial charge on any atom is -0.322 e. The van der Waals surface area contributed by atoms with Crippen LogP contribution in [0.2, 0.25) is 0 Å². The molecule has 1 atom stereocenters. The summed E-state index contributed by atoms with van der Waals surface area (Å²) < 4.78 is 0. The standard InChI is InChI=1S/C11H18N2OS/c1-7(2)4-5-10(14)9-6-15-11(13-9)8(3)12/h6-8H,4-5,12H2,1-3H3. The van der Waals surface area contributed by atoms with Crippen LogP contribution < -0.4 is 5.73 Å². The van der Waals surface area contributed by atoms with E-state index < -0.39 is 0 Å². The van der Waals surface area contributed by atoms with E-state index >= 15 is 0 Å². The maximum atomic E-state index is 11.7. The fourth-order valence-electron chi connectivity index (χ4n) is 1.17. The Balaban J connectivity index is 2.58. The Labute approximate surface area is 94.7 Å². The Morgan fingerprint density at radius 1 is 1.53 bits per heavy atom. The summed E-state index contributed by atoms with van der Waals surface area (Å²) in [6.45, 7) is 6.10. The molecule has 2 N–H and O–H groups in total. The molecule has 0 radical (unpaired) electrons. The van der Waals surface area contributed by atoms with Gasteiger partial charge in [-0.2, -0.15) is 0 Å². The maximum absolute atomic E-state index is 11.7. The predicted molar refractivity (Wildman–Crippen MR) is 63.1 cm³/mol. The van der Waals surface area contributed by atoms with Gasteiger partial charge in [-0.05, 0) is 19.3 Å². The Kier molecular flexibility index (Phi) is 4.42. The van der Waals surface area contributed by atoms with E-state index in [1.807, 2.05) is 6.92 Å². The monoisotopic (exact) mass is 226 g/mol. The lowest BCUT2D eigenvalue weighted by Crippen LogP contribution is -2.06. The van der Waals surface area contributed by atoms with Crippen molar-refractivity contribution in [3.8, 4) is 0 Å². The van der Waals surface area contributed by atoms with Gasteiger partial charge in [-0.25, -0.2) is 4.98 Å². The second-order valence-electron chi connectivity index (χ2n) is 4.22. The molecule has 0 saturated carbocycles. The fourth-order valence-corrected chi connectivity index (χ4v) is 1.95. The third kappa shape index (κ3) is 3.72. The molecule has 0 fully saturated rings. The van der Waals surface area contributed by atoms with E-state index in [9.17, 15) is 4.79 Å². The molecular weight excluding hydrogens is 208 g/mol. The van der Waals surface area contributed by atoms with Crippen molar-refractivity contribution in [3.05, 3.63) is 16.1 Å². The second kappa shape index (κ2) is 5.37. The second-order valence-corrected chi connectivity index (χ2v) is 5.11. The van der Waals surface area contributed by atoms with Crippen LogP contribution in [0.25, 0.3) is 0 Å². The minimum absolute atomic E-state index is 0.0818. The van der Waals surface area contributed by atoms with Gasteiger partial charge in [0.15, 0.2) is 5.78 Å². The molecule has 0 saturated heterocycles. The van der Waals surface area contributed by atoms with E-state index in [1.54, 1.807) is 5.38 Å². The molecule has 1 aromatic heterocycles. The fraction of sp³-hybridized carbons (Fsp3) is 0.636. The number of nitrogens with zero attached hydrogens (tertiary/aromatic N) is 1. The molecule has 0 aliphatic heterocycles. The van der Waals surface area contributed by atoms with E-state index in [0.717, 1.165) is 11.4 Å². The number of ketones is 1. The number of carbonyl (C=O) groups is 1. The van der Waals surface area contributed by atoms with Gasteiger partial charge in [0.05, 0.1) is 6.04 Å². The van der Waals surface area contributed by atoms with Crippen LogP contribution in [-0.4, -0.2) is 10.8 Å². The van der Waals surface area contributed by atoms with Gasteiger partial charge >= 0.3 is 0 Å². The number of aromatic nitrogens is 1. The van der Waals surface area contributed by atoms with Crippen molar-refractivity contribution in [2.24, 2.45) is 11.7 Å². The predicted octanol–water partition coefficient (Wildman–Crippen LogP) is 2.78. The molecular formula is C11H18N2OS. The molecule has 0 aromatic carbocycles. The summed E-state index contributed by atoms with van der Waals surface area (Å²) in [5.41, 5.74) is 6.26. The van der Waals surface area contributed by atoms with Crippen molar-refractivity contribution >= 4 is 17.1 Å². The summed E-state index contributed by atoms with van der Waals surface area (Å²) in [4.78, 5) is 15.9. The number of hydrogen-bond donors (Lipinski definition) is 1. The zero-order valence-electron chi connectivity index (χ0n) is 9.49. The normalized spacial score (nSPS) is 13.1. The highest BCUT2D eigenvalue weighted by atomic mass is 32.1. The van der Waals surface area contributed by atoms with E-state index in [2.05, 4.69) is 18.8 Å². The van der Waals surface area contributed by atoms with Gasteiger partial charge in [-0.1, -0.05) is 13.8 Å². The zero-order chi connectivity index (χ0) is 11.4. The van der Waals surface area contributed by atoms with Gasteiger partial charge < -0.3 is 5.73 Å². The van der Waals surface area contributed by atoms with E-state index in [4.69, 9.17) is 5.73 Å². The third-order valence-corrected chi connectivity index (χ3v) is 3.19. The quantitative estimate of drug-likeness (QED) is 0.785. The van der Waals surface area contributed by atoms with Gasteiger partial charge in [-0.15, -0.1) is 11.3 Å². The maximum Gasteiger partial charge on any atom is 0.182 e. The highest BCUT2D eigenvalue weighted by molar-refractivity contribution is 7.09. The Bertz CT molecular complexity index is 331. The summed E-state index contributed by atoms with van der Waals surface area (Å²) in [7, 11) is 0. The van der Waals surface area contributed by atoms with Gasteiger partial charge in [0, 0.05) is 11.8 Å². The minimum atomic E-state index is -0.0818. The highest BCUT2D eigenvalue weighted by Crippen LogP contribution is 2.18. The summed E-state index contributed by atoms with van der Waals surface area (Å²) >= 11 is 1.46. The van der Waals surface area contributed by atoms with Gasteiger partial charge in [-0.3, -0.25) is 4.79 Å². The number of rotatable bonds is 5. The van der Waals surface area contributed by atoms with Crippen molar-refractivity contribution in [2.75, 3.05) is 0 Å². The van der Waals surface area contributed by atoms with Crippen molar-refractivity contribution in [3.63, 3.8) is 0 Å². The number of thiazole rings is 1. The Morgan fingerprint density at radius 2 is 2.20 bits per heavy atom. The molecule has 0 amide bonds. The Hall–Kier alpha value is -0.740. The SMILES string of the molecule is CC(C)CCC(=O)c1csc(C(C)N)n1. The van der Waals surface area contributed by atoms with Gasteiger partial charge in [0.2, 0.25) is 0 Å². The lowest BCUT2D eigenvalue weighted by molar-refractivity contribution is 0.0971. The average Bonchev–Trinajstić information content (AvgIpc) is 2.62. The molecule has 84 valence electrons. The number of hydrogen-bond acceptors (Lipinski definition) is 4. The lowest BCUT2D eigenvalue weighted by Gasteiger charge is -2.01. The Morgan fingerprint density at radius 3 is 2.67 bits per heavy atom. The first-order valence-electron chi connectivity index (χ1n) is 5.25. The van der Waals surface area contributed by atoms with E-state index in [-0.39, 0.29) is 11.8 Å². The molecule has 1 unspecified atom stereocenters. The van der Waals surface area contributed by atoms with Crippen LogP contribution in [-0.2, 0) is 0 Å². The van der Waals surface area contributed by atoms with Gasteiger partial charge in [0.1, 0.15) is 10.7 Å². The molecule has 4 heteroatoms. The molecule has 0 bridgehead atoms. The molecule has 1 rings (SSSR count). The molecule has 0 aliphatic rings. The first-order chi connectivity index (χ1) is 7.00. The first-order valence-corrected chi connectivity index (χ1v) is 6.13. The summed E-state index contributed by atoms with van der Waals surface area (Å²) in [6.07, 6.45) is 1.50. The van der Waals surface area contributed by atoms with Crippen LogP contribution in [0, 0.1) is 5.92 Å². The summed E-state index contributed by atoms with van der Waals surface area (Å²) in [5.74, 6) is 0.687. The third-order valence-electron chi connectivity index (χ3n) is 2.15. The molecule has 3 nitrogen and oxygen atoms in total. The van der Waals surface area contributed by atoms with Crippen LogP contribution in [0.5, 0.6) is 0 Å². The zero-order valence-corrected chi connectivity index (χ0v) is 10.3. The van der Waals surface area contributed by atoms with Gasteiger partial charge in [0.25, 0.3) is 0 Å². The van der Waals surface area contributed by atoms with Crippen molar-refractivity contribution in [1.29, 1.82) is 0 Å². The smallest absolute Gasteiger partial charge is 0.182 e. The van der Waals surface area contributed by atoms with Crippen molar-refractivity contribution in [1.82, 2.24) is 4.98 Å². The van der Waals surface area contributed by atoms with Crippen LogP contribution in [0.15, 0.2) is 5.38 Å². The van der Waals surface area contributed by atoms with Crippen LogP contribution in [0.4, 0.5) is 0 Å². The molecule has 1 aromatic rings. The van der Waals surface area contributed by atoms with Crippen molar-refractivity contribution < 1.29 is 4.79 Å². The van der Waals surface area contributed by atoms with Crippen molar-refractivity contribution in [2.45, 2.75) is 39.7 Å².